The third-order valence-electron chi connectivity index (χ3n) is 2.99. The van der Waals surface area contributed by atoms with Gasteiger partial charge in [0.05, 0.1) is 10.6 Å². The summed E-state index contributed by atoms with van der Waals surface area (Å²) in [6, 6.07) is 8.96. The number of benzene rings is 1. The van der Waals surface area contributed by atoms with Gasteiger partial charge < -0.3 is 11.1 Å². The predicted molar refractivity (Wildman–Crippen MR) is 84.0 cm³/mol. The van der Waals surface area contributed by atoms with Crippen LogP contribution in [0, 0.1) is 0 Å². The van der Waals surface area contributed by atoms with Gasteiger partial charge in [-0.3, -0.25) is 4.79 Å². The molecule has 112 valence electrons. The zero-order chi connectivity index (χ0) is 15.5. The number of carbonyl (C=O) groups excluding carboxylic acids is 1. The number of amides is 1. The lowest BCUT2D eigenvalue weighted by atomic mass is 10.2. The number of thiophene rings is 1. The van der Waals surface area contributed by atoms with Crippen molar-refractivity contribution in [3.8, 4) is 0 Å². The van der Waals surface area contributed by atoms with Crippen molar-refractivity contribution in [2.45, 2.75) is 17.9 Å². The van der Waals surface area contributed by atoms with Crippen LogP contribution in [0.2, 0.25) is 0 Å². The van der Waals surface area contributed by atoms with E-state index >= 15 is 0 Å². The average molecular weight is 324 g/mol. The second-order valence-electron chi connectivity index (χ2n) is 4.41. The first kappa shape index (κ1) is 15.7. The molecule has 7 heteroatoms. The van der Waals surface area contributed by atoms with Crippen LogP contribution in [0.25, 0.3) is 0 Å². The highest BCUT2D eigenvalue weighted by Crippen LogP contribution is 2.20. The Morgan fingerprint density at radius 1 is 1.29 bits per heavy atom. The van der Waals surface area contributed by atoms with Crippen molar-refractivity contribution < 1.29 is 13.2 Å². The zero-order valence-electron chi connectivity index (χ0n) is 11.4. The lowest BCUT2D eigenvalue weighted by Crippen LogP contribution is -2.26. The van der Waals surface area contributed by atoms with Crippen LogP contribution in [0.15, 0.2) is 46.7 Å². The highest BCUT2D eigenvalue weighted by molar-refractivity contribution is 7.91. The van der Waals surface area contributed by atoms with E-state index in [1.807, 2.05) is 11.4 Å². The molecule has 0 aliphatic rings. The summed E-state index contributed by atoms with van der Waals surface area (Å²) in [4.78, 5) is 13.0. The number of rotatable bonds is 5. The standard InChI is InChI=1S/C14H16N2O3S2/c1-2-21(18,19)11-7-5-10(6-8-11)16-14(17)13(15)12-4-3-9-20-12/h3-9,13H,2,15H2,1H3,(H,16,17). The number of sulfone groups is 1. The minimum absolute atomic E-state index is 0.0436. The monoisotopic (exact) mass is 324 g/mol. The maximum Gasteiger partial charge on any atom is 0.246 e. The fraction of sp³-hybridized carbons (Fsp3) is 0.214. The molecule has 1 atom stereocenters. The van der Waals surface area contributed by atoms with Gasteiger partial charge in [0.15, 0.2) is 9.84 Å². The van der Waals surface area contributed by atoms with Crippen molar-refractivity contribution in [3.63, 3.8) is 0 Å². The van der Waals surface area contributed by atoms with E-state index in [9.17, 15) is 13.2 Å². The van der Waals surface area contributed by atoms with Gasteiger partial charge in [-0.25, -0.2) is 8.42 Å². The van der Waals surface area contributed by atoms with Crippen LogP contribution < -0.4 is 11.1 Å². The van der Waals surface area contributed by atoms with E-state index in [-0.39, 0.29) is 16.6 Å². The van der Waals surface area contributed by atoms with Crippen LogP contribution in [0.1, 0.15) is 17.8 Å². The molecular weight excluding hydrogens is 308 g/mol. The van der Waals surface area contributed by atoms with Crippen LogP contribution in [0.4, 0.5) is 5.69 Å². The van der Waals surface area contributed by atoms with Crippen molar-refractivity contribution in [1.29, 1.82) is 0 Å². The third kappa shape index (κ3) is 3.69. The van der Waals surface area contributed by atoms with Gasteiger partial charge in [-0.15, -0.1) is 11.3 Å². The van der Waals surface area contributed by atoms with E-state index < -0.39 is 15.9 Å². The molecule has 0 aliphatic heterocycles. The second kappa shape index (κ2) is 6.38. The van der Waals surface area contributed by atoms with Crippen LogP contribution in [-0.2, 0) is 14.6 Å². The molecule has 1 unspecified atom stereocenters. The smallest absolute Gasteiger partial charge is 0.246 e. The van der Waals surface area contributed by atoms with Gasteiger partial charge in [-0.2, -0.15) is 0 Å². The average Bonchev–Trinajstić information content (AvgIpc) is 3.01. The van der Waals surface area contributed by atoms with Crippen molar-refractivity contribution >= 4 is 32.8 Å². The molecule has 2 rings (SSSR count). The number of anilines is 1. The van der Waals surface area contributed by atoms with Crippen molar-refractivity contribution in [2.24, 2.45) is 5.73 Å². The number of nitrogens with one attached hydrogen (secondary N) is 1. The molecule has 0 saturated carbocycles. The minimum Gasteiger partial charge on any atom is -0.324 e. The van der Waals surface area contributed by atoms with Crippen LogP contribution in [0.3, 0.4) is 0 Å². The summed E-state index contributed by atoms with van der Waals surface area (Å²) >= 11 is 1.41. The fourth-order valence-electron chi connectivity index (χ4n) is 1.73. The Bertz CT molecular complexity index is 707. The normalized spacial score (nSPS) is 12.9. The molecule has 1 aromatic heterocycles. The first-order valence-corrected chi connectivity index (χ1v) is 8.90. The molecule has 0 spiro atoms. The molecule has 1 aromatic carbocycles. The Balaban J connectivity index is 2.09. The van der Waals surface area contributed by atoms with Crippen molar-refractivity contribution in [1.82, 2.24) is 0 Å². The Morgan fingerprint density at radius 3 is 2.48 bits per heavy atom. The topological polar surface area (TPSA) is 89.3 Å². The number of carbonyl (C=O) groups is 1. The zero-order valence-corrected chi connectivity index (χ0v) is 13.1. The largest absolute Gasteiger partial charge is 0.324 e. The van der Waals surface area contributed by atoms with Gasteiger partial charge >= 0.3 is 0 Å². The Labute approximate surface area is 127 Å². The number of hydrogen-bond acceptors (Lipinski definition) is 5. The Kier molecular flexibility index (Phi) is 4.76. The van der Waals surface area contributed by atoms with E-state index in [0.717, 1.165) is 4.88 Å². The van der Waals surface area contributed by atoms with Crippen LogP contribution in [-0.4, -0.2) is 20.1 Å². The quantitative estimate of drug-likeness (QED) is 0.882. The molecule has 21 heavy (non-hydrogen) atoms. The molecular formula is C14H16N2O3S2. The van der Waals surface area contributed by atoms with Gasteiger partial charge in [-0.1, -0.05) is 13.0 Å². The van der Waals surface area contributed by atoms with Crippen LogP contribution >= 0.6 is 11.3 Å². The molecule has 2 aromatic rings. The van der Waals surface area contributed by atoms with Crippen molar-refractivity contribution in [2.75, 3.05) is 11.1 Å². The van der Waals surface area contributed by atoms with Gasteiger partial charge in [0, 0.05) is 10.6 Å². The van der Waals surface area contributed by atoms with E-state index in [2.05, 4.69) is 5.32 Å². The SMILES string of the molecule is CCS(=O)(=O)c1ccc(NC(=O)C(N)c2cccs2)cc1. The van der Waals surface area contributed by atoms with Gasteiger partial charge in [0.2, 0.25) is 5.91 Å². The van der Waals surface area contributed by atoms with Crippen LogP contribution in [0.5, 0.6) is 0 Å². The fourth-order valence-corrected chi connectivity index (χ4v) is 3.34. The highest BCUT2D eigenvalue weighted by Gasteiger charge is 2.17. The van der Waals surface area contributed by atoms with E-state index in [1.54, 1.807) is 25.1 Å². The van der Waals surface area contributed by atoms with Gasteiger partial charge in [0.1, 0.15) is 6.04 Å². The summed E-state index contributed by atoms with van der Waals surface area (Å²) in [5.74, 6) is -0.286. The summed E-state index contributed by atoms with van der Waals surface area (Å²) < 4.78 is 23.4. The van der Waals surface area contributed by atoms with Crippen molar-refractivity contribution in [3.05, 3.63) is 46.7 Å². The van der Waals surface area contributed by atoms with E-state index in [0.29, 0.717) is 5.69 Å². The molecule has 1 heterocycles. The summed E-state index contributed by atoms with van der Waals surface area (Å²) in [5, 5.41) is 4.53. The summed E-state index contributed by atoms with van der Waals surface area (Å²) in [6.45, 7) is 1.59. The molecule has 0 radical (unpaired) electrons. The molecule has 3 N–H and O–H groups in total. The summed E-state index contributed by atoms with van der Waals surface area (Å²) in [6.07, 6.45) is 0. The molecule has 0 aliphatic carbocycles. The highest BCUT2D eigenvalue weighted by atomic mass is 32.2. The molecule has 5 nitrogen and oxygen atoms in total. The van der Waals surface area contributed by atoms with E-state index in [4.69, 9.17) is 5.73 Å². The first-order chi connectivity index (χ1) is 9.94. The van der Waals surface area contributed by atoms with Gasteiger partial charge in [0.25, 0.3) is 0 Å². The molecule has 0 fully saturated rings. The third-order valence-corrected chi connectivity index (χ3v) is 5.70. The summed E-state index contributed by atoms with van der Waals surface area (Å²) in [7, 11) is -3.23. The lowest BCUT2D eigenvalue weighted by Gasteiger charge is -2.11. The van der Waals surface area contributed by atoms with E-state index in [1.165, 1.54) is 23.5 Å². The maximum absolute atomic E-state index is 12.0. The summed E-state index contributed by atoms with van der Waals surface area (Å²) in [5.41, 5.74) is 6.37. The number of hydrogen-bond donors (Lipinski definition) is 2. The molecule has 0 saturated heterocycles. The second-order valence-corrected chi connectivity index (χ2v) is 7.67. The maximum atomic E-state index is 12.0. The molecule has 1 amide bonds. The Morgan fingerprint density at radius 2 is 1.95 bits per heavy atom. The minimum atomic E-state index is -3.23. The first-order valence-electron chi connectivity index (χ1n) is 6.36. The van der Waals surface area contributed by atoms with Gasteiger partial charge in [-0.05, 0) is 35.7 Å². The lowest BCUT2D eigenvalue weighted by molar-refractivity contribution is -0.117. The predicted octanol–water partition coefficient (Wildman–Crippen LogP) is 2.18. The Hall–Kier alpha value is -1.70. The molecule has 0 bridgehead atoms. The number of nitrogens with two attached hydrogens (primary N) is 1.